The Kier molecular flexibility index (Phi) is 5.86. The smallest absolute Gasteiger partial charge is 0.217 e. The molecule has 1 N–H and O–H groups in total. The van der Waals surface area contributed by atoms with Crippen molar-refractivity contribution in [3.63, 3.8) is 0 Å². The molecule has 216 valence electrons. The summed E-state index contributed by atoms with van der Waals surface area (Å²) in [6.07, 6.45) is 11.3. The summed E-state index contributed by atoms with van der Waals surface area (Å²) < 4.78 is 5.92. The minimum Gasteiger partial charge on any atom is -0.426 e. The second-order valence-electron chi connectivity index (χ2n) is 16.2. The lowest BCUT2D eigenvalue weighted by Crippen LogP contribution is -2.65. The summed E-state index contributed by atoms with van der Waals surface area (Å²) in [5.74, 6) is 1.94. The molecule has 6 nitrogen and oxygen atoms in total. The normalized spacial score (nSPS) is 45.1. The van der Waals surface area contributed by atoms with E-state index in [2.05, 4.69) is 64.7 Å². The zero-order valence-corrected chi connectivity index (χ0v) is 25.7. The molecular formula is C34H47N3O3. The lowest BCUT2D eigenvalue weighted by atomic mass is 9.34. The first kappa shape index (κ1) is 27.9. The number of aliphatic hydroxyl groups excluding tert-OH is 1. The van der Waals surface area contributed by atoms with Crippen molar-refractivity contribution in [1.29, 1.82) is 5.26 Å². The van der Waals surface area contributed by atoms with Gasteiger partial charge in [-0.05, 0) is 89.9 Å². The van der Waals surface area contributed by atoms with Gasteiger partial charge in [-0.3, -0.25) is 4.79 Å². The van der Waals surface area contributed by atoms with Crippen LogP contribution >= 0.6 is 0 Å². The molecule has 1 aromatic heterocycles. The number of nitriles is 1. The van der Waals surface area contributed by atoms with Crippen molar-refractivity contribution in [3.05, 3.63) is 35.1 Å². The lowest BCUT2D eigenvalue weighted by Gasteiger charge is -2.69. The molecule has 3 unspecified atom stereocenters. The molecule has 6 heteroatoms. The van der Waals surface area contributed by atoms with E-state index in [0.717, 1.165) is 51.4 Å². The average molecular weight is 546 g/mol. The molecule has 5 aliphatic rings. The minimum atomic E-state index is -0.781. The van der Waals surface area contributed by atoms with E-state index in [9.17, 15) is 15.2 Å². The SMILES string of the molecule is Cc1nnc(C[C@]23CCC(C)(C)CC2C2C(=O)C=C4[C@@]5(C)C=C(C#N)C(O)C(C)(C)[C@@H]5CC[C@@]4(C)[C@]2(C)CC3)o1. The molecule has 0 bridgehead atoms. The van der Waals surface area contributed by atoms with E-state index in [1.54, 1.807) is 0 Å². The molecule has 3 fully saturated rings. The topological polar surface area (TPSA) is 100 Å². The van der Waals surface area contributed by atoms with Gasteiger partial charge in [-0.2, -0.15) is 5.26 Å². The number of aryl methyl sites for hydroxylation is 1. The van der Waals surface area contributed by atoms with Crippen LogP contribution in [0.25, 0.3) is 0 Å². The van der Waals surface area contributed by atoms with Gasteiger partial charge < -0.3 is 9.52 Å². The van der Waals surface area contributed by atoms with Crippen LogP contribution in [0.1, 0.15) is 105 Å². The Labute approximate surface area is 239 Å². The molecule has 0 aliphatic heterocycles. The summed E-state index contributed by atoms with van der Waals surface area (Å²) >= 11 is 0. The Morgan fingerprint density at radius 2 is 1.75 bits per heavy atom. The van der Waals surface area contributed by atoms with Crippen molar-refractivity contribution in [3.8, 4) is 6.07 Å². The molecule has 0 saturated heterocycles. The van der Waals surface area contributed by atoms with Crippen LogP contribution in [0.2, 0.25) is 0 Å². The molecule has 6 rings (SSSR count). The third kappa shape index (κ3) is 3.52. The zero-order valence-electron chi connectivity index (χ0n) is 25.7. The first-order valence-electron chi connectivity index (χ1n) is 15.4. The third-order valence-corrected chi connectivity index (χ3v) is 13.3. The fraction of sp³-hybridized carbons (Fsp3) is 0.765. The minimum absolute atomic E-state index is 0.0119. The Morgan fingerprint density at radius 1 is 1.05 bits per heavy atom. The maximum atomic E-state index is 14.6. The van der Waals surface area contributed by atoms with Gasteiger partial charge in [-0.25, -0.2) is 0 Å². The fourth-order valence-corrected chi connectivity index (χ4v) is 10.9. The number of aromatic nitrogens is 2. The molecule has 1 heterocycles. The van der Waals surface area contributed by atoms with Gasteiger partial charge in [0.05, 0.1) is 17.7 Å². The van der Waals surface area contributed by atoms with Gasteiger partial charge in [0, 0.05) is 24.7 Å². The number of hydrogen-bond acceptors (Lipinski definition) is 6. The maximum absolute atomic E-state index is 14.6. The molecular weight excluding hydrogens is 498 g/mol. The highest BCUT2D eigenvalue weighted by molar-refractivity contribution is 5.95. The molecule has 40 heavy (non-hydrogen) atoms. The van der Waals surface area contributed by atoms with Crippen LogP contribution in [-0.2, 0) is 11.2 Å². The average Bonchev–Trinajstić information content (AvgIpc) is 3.27. The van der Waals surface area contributed by atoms with E-state index in [1.807, 2.05) is 19.1 Å². The molecule has 5 aliphatic carbocycles. The van der Waals surface area contributed by atoms with E-state index in [0.29, 0.717) is 17.4 Å². The van der Waals surface area contributed by atoms with Crippen molar-refractivity contribution in [2.24, 2.45) is 50.2 Å². The van der Waals surface area contributed by atoms with Gasteiger partial charge in [0.15, 0.2) is 5.78 Å². The Bertz CT molecular complexity index is 1360. The number of aliphatic hydroxyl groups is 1. The van der Waals surface area contributed by atoms with Crippen LogP contribution < -0.4 is 0 Å². The number of allylic oxidation sites excluding steroid dienone is 3. The Hall–Kier alpha value is -2.26. The summed E-state index contributed by atoms with van der Waals surface area (Å²) in [6.45, 7) is 17.8. The van der Waals surface area contributed by atoms with E-state index < -0.39 is 16.9 Å². The van der Waals surface area contributed by atoms with Crippen LogP contribution in [0.3, 0.4) is 0 Å². The Balaban J connectivity index is 1.49. The van der Waals surface area contributed by atoms with Crippen LogP contribution in [0, 0.1) is 68.5 Å². The molecule has 0 aromatic carbocycles. The predicted octanol–water partition coefficient (Wildman–Crippen LogP) is 6.93. The first-order chi connectivity index (χ1) is 18.5. The quantitative estimate of drug-likeness (QED) is 0.432. The number of carbonyl (C=O) groups is 1. The van der Waals surface area contributed by atoms with Gasteiger partial charge in [0.2, 0.25) is 11.8 Å². The van der Waals surface area contributed by atoms with Crippen LogP contribution in [0.5, 0.6) is 0 Å². The van der Waals surface area contributed by atoms with Crippen molar-refractivity contribution in [2.75, 3.05) is 0 Å². The van der Waals surface area contributed by atoms with Crippen molar-refractivity contribution < 1.29 is 14.3 Å². The number of rotatable bonds is 2. The largest absolute Gasteiger partial charge is 0.426 e. The Morgan fingerprint density at radius 3 is 2.40 bits per heavy atom. The number of carbonyl (C=O) groups excluding carboxylic acids is 1. The number of nitrogens with zero attached hydrogens (tertiary/aromatic N) is 3. The second kappa shape index (κ2) is 8.40. The van der Waals surface area contributed by atoms with Crippen LogP contribution in [0.15, 0.2) is 27.7 Å². The second-order valence-corrected chi connectivity index (χ2v) is 16.2. The summed E-state index contributed by atoms with van der Waals surface area (Å²) in [5.41, 5.74) is 0.572. The summed E-state index contributed by atoms with van der Waals surface area (Å²) in [7, 11) is 0. The van der Waals surface area contributed by atoms with Crippen molar-refractivity contribution in [1.82, 2.24) is 10.2 Å². The van der Waals surface area contributed by atoms with Gasteiger partial charge >= 0.3 is 0 Å². The van der Waals surface area contributed by atoms with E-state index >= 15 is 0 Å². The van der Waals surface area contributed by atoms with Crippen molar-refractivity contribution in [2.45, 2.75) is 113 Å². The van der Waals surface area contributed by atoms with Crippen LogP contribution in [-0.4, -0.2) is 27.2 Å². The summed E-state index contributed by atoms with van der Waals surface area (Å²) in [4.78, 5) is 14.6. The summed E-state index contributed by atoms with van der Waals surface area (Å²) in [5, 5.41) is 29.7. The van der Waals surface area contributed by atoms with E-state index in [-0.39, 0.29) is 45.2 Å². The number of fused-ring (bicyclic) bond motifs is 7. The van der Waals surface area contributed by atoms with Gasteiger partial charge in [0.1, 0.15) is 0 Å². The highest BCUT2D eigenvalue weighted by Gasteiger charge is 2.69. The number of hydrogen-bond donors (Lipinski definition) is 1. The zero-order chi connectivity index (χ0) is 29.1. The van der Waals surface area contributed by atoms with Gasteiger partial charge in [-0.1, -0.05) is 60.1 Å². The maximum Gasteiger partial charge on any atom is 0.217 e. The predicted molar refractivity (Wildman–Crippen MR) is 153 cm³/mol. The number of ketones is 1. The van der Waals surface area contributed by atoms with Gasteiger partial charge in [0.25, 0.3) is 0 Å². The molecule has 0 amide bonds. The highest BCUT2D eigenvalue weighted by Crippen LogP contribution is 2.75. The fourth-order valence-electron chi connectivity index (χ4n) is 10.9. The molecule has 0 spiro atoms. The highest BCUT2D eigenvalue weighted by atomic mass is 16.4. The van der Waals surface area contributed by atoms with Gasteiger partial charge in [-0.15, -0.1) is 10.2 Å². The van der Waals surface area contributed by atoms with E-state index in [4.69, 9.17) is 4.42 Å². The van der Waals surface area contributed by atoms with Crippen LogP contribution in [0.4, 0.5) is 0 Å². The molecule has 1 aromatic rings. The van der Waals surface area contributed by atoms with E-state index in [1.165, 1.54) is 5.57 Å². The molecule has 3 saturated carbocycles. The standard InChI is InChI=1S/C34H47N3O3/c1-20-36-37-26(40-20)18-34-13-11-29(2,3)17-22(34)27-23(38)15-25-31(6)16-21(19-35)28(39)30(4,5)24(31)9-10-32(25,7)33(27,8)12-14-34/h15-16,22,24,27-28,39H,9-14,17-18H2,1-8H3/t22?,24-,27?,28?,31-,32+,33+,34+/m0/s1. The monoisotopic (exact) mass is 545 g/mol. The summed E-state index contributed by atoms with van der Waals surface area (Å²) in [6, 6.07) is 2.31. The molecule has 0 radical (unpaired) electrons. The van der Waals surface area contributed by atoms with Crippen molar-refractivity contribution >= 4 is 5.78 Å². The lowest BCUT2D eigenvalue weighted by molar-refractivity contribution is -0.173. The third-order valence-electron chi connectivity index (χ3n) is 13.3. The molecule has 8 atom stereocenters. The first-order valence-corrected chi connectivity index (χ1v) is 15.4.